The zero-order valence-electron chi connectivity index (χ0n) is 13.7. The van der Waals surface area contributed by atoms with E-state index in [0.717, 1.165) is 37.0 Å². The first kappa shape index (κ1) is 16.8. The van der Waals surface area contributed by atoms with Crippen LogP contribution in [0.5, 0.6) is 0 Å². The summed E-state index contributed by atoms with van der Waals surface area (Å²) in [5.74, 6) is 1.99. The van der Waals surface area contributed by atoms with Gasteiger partial charge in [-0.2, -0.15) is 0 Å². The van der Waals surface area contributed by atoms with Gasteiger partial charge in [-0.05, 0) is 69.6 Å². The summed E-state index contributed by atoms with van der Waals surface area (Å²) in [7, 11) is 0. The molecule has 0 spiro atoms. The first-order valence-electron chi connectivity index (χ1n) is 9.00. The molecule has 2 aliphatic rings. The SMILES string of the molecule is C=CCNC1CCC(CC2CCC(NCC=C)CC2)CC1. The van der Waals surface area contributed by atoms with E-state index in [9.17, 15) is 0 Å². The molecule has 2 fully saturated rings. The molecule has 0 saturated heterocycles. The summed E-state index contributed by atoms with van der Waals surface area (Å²) in [4.78, 5) is 0. The van der Waals surface area contributed by atoms with Crippen molar-refractivity contribution in [3.63, 3.8) is 0 Å². The van der Waals surface area contributed by atoms with Crippen LogP contribution in [0, 0.1) is 11.8 Å². The summed E-state index contributed by atoms with van der Waals surface area (Å²) in [6.07, 6.45) is 16.7. The van der Waals surface area contributed by atoms with E-state index in [4.69, 9.17) is 0 Å². The van der Waals surface area contributed by atoms with Crippen LogP contribution < -0.4 is 10.6 Å². The van der Waals surface area contributed by atoms with Crippen molar-refractivity contribution in [3.8, 4) is 0 Å². The van der Waals surface area contributed by atoms with Crippen LogP contribution >= 0.6 is 0 Å². The number of nitrogens with one attached hydrogen (secondary N) is 2. The van der Waals surface area contributed by atoms with E-state index in [0.29, 0.717) is 0 Å². The van der Waals surface area contributed by atoms with Gasteiger partial charge < -0.3 is 10.6 Å². The van der Waals surface area contributed by atoms with Gasteiger partial charge in [0.1, 0.15) is 0 Å². The van der Waals surface area contributed by atoms with E-state index in [1.54, 1.807) is 0 Å². The molecule has 2 nitrogen and oxygen atoms in total. The van der Waals surface area contributed by atoms with E-state index in [1.165, 1.54) is 57.8 Å². The topological polar surface area (TPSA) is 24.1 Å². The maximum Gasteiger partial charge on any atom is 0.0134 e. The highest BCUT2D eigenvalue weighted by Crippen LogP contribution is 2.35. The van der Waals surface area contributed by atoms with Crippen molar-refractivity contribution in [2.75, 3.05) is 13.1 Å². The molecule has 0 amide bonds. The van der Waals surface area contributed by atoms with Crippen molar-refractivity contribution in [1.82, 2.24) is 10.6 Å². The van der Waals surface area contributed by atoms with Gasteiger partial charge in [-0.25, -0.2) is 0 Å². The van der Waals surface area contributed by atoms with Crippen LogP contribution in [0.15, 0.2) is 25.3 Å². The van der Waals surface area contributed by atoms with Crippen molar-refractivity contribution in [2.24, 2.45) is 11.8 Å². The molecule has 0 heterocycles. The largest absolute Gasteiger partial charge is 0.311 e. The maximum atomic E-state index is 3.79. The van der Waals surface area contributed by atoms with E-state index >= 15 is 0 Å². The molecule has 0 atom stereocenters. The van der Waals surface area contributed by atoms with Gasteiger partial charge in [-0.3, -0.25) is 0 Å². The Balaban J connectivity index is 1.59. The third-order valence-electron chi connectivity index (χ3n) is 5.46. The zero-order chi connectivity index (χ0) is 14.9. The average molecular weight is 290 g/mol. The molecule has 21 heavy (non-hydrogen) atoms. The van der Waals surface area contributed by atoms with Crippen molar-refractivity contribution in [1.29, 1.82) is 0 Å². The van der Waals surface area contributed by atoms with Crippen LogP contribution in [0.25, 0.3) is 0 Å². The second-order valence-corrected chi connectivity index (χ2v) is 7.06. The lowest BCUT2D eigenvalue weighted by Crippen LogP contribution is -2.35. The smallest absolute Gasteiger partial charge is 0.0134 e. The third kappa shape index (κ3) is 5.96. The fraction of sp³-hybridized carbons (Fsp3) is 0.789. The Morgan fingerprint density at radius 1 is 0.667 bits per heavy atom. The first-order valence-corrected chi connectivity index (χ1v) is 9.00. The molecule has 0 aliphatic heterocycles. The Morgan fingerprint density at radius 2 is 1.05 bits per heavy atom. The van der Waals surface area contributed by atoms with Crippen molar-refractivity contribution in [2.45, 2.75) is 69.9 Å². The van der Waals surface area contributed by atoms with Gasteiger partial charge in [0.2, 0.25) is 0 Å². The lowest BCUT2D eigenvalue weighted by atomic mass is 9.75. The van der Waals surface area contributed by atoms with Crippen molar-refractivity contribution in [3.05, 3.63) is 25.3 Å². The summed E-state index contributed by atoms with van der Waals surface area (Å²) in [6.45, 7) is 9.52. The predicted molar refractivity (Wildman–Crippen MR) is 92.5 cm³/mol. The fourth-order valence-corrected chi connectivity index (χ4v) is 4.18. The van der Waals surface area contributed by atoms with E-state index in [1.807, 2.05) is 12.2 Å². The Hall–Kier alpha value is -0.600. The predicted octanol–water partition coefficient (Wildman–Crippen LogP) is 4.05. The van der Waals surface area contributed by atoms with Crippen LogP contribution in [-0.2, 0) is 0 Å². The Morgan fingerprint density at radius 3 is 1.38 bits per heavy atom. The van der Waals surface area contributed by atoms with Crippen LogP contribution in [0.1, 0.15) is 57.8 Å². The molecule has 0 unspecified atom stereocenters. The molecule has 2 rings (SSSR count). The molecule has 0 aromatic carbocycles. The minimum absolute atomic E-state index is 0.748. The summed E-state index contributed by atoms with van der Waals surface area (Å²) >= 11 is 0. The van der Waals surface area contributed by atoms with Gasteiger partial charge in [0.25, 0.3) is 0 Å². The number of rotatable bonds is 8. The third-order valence-corrected chi connectivity index (χ3v) is 5.46. The standard InChI is InChI=1S/C19H34N2/c1-3-13-20-18-9-5-16(6-10-18)15-17-7-11-19(12-8-17)21-14-4-2/h3-4,16-21H,1-2,5-15H2. The van der Waals surface area contributed by atoms with E-state index in [2.05, 4.69) is 23.8 Å². The highest BCUT2D eigenvalue weighted by molar-refractivity contribution is 4.84. The van der Waals surface area contributed by atoms with Gasteiger partial charge in [0.05, 0.1) is 0 Å². The van der Waals surface area contributed by atoms with Crippen molar-refractivity contribution >= 4 is 0 Å². The van der Waals surface area contributed by atoms with Crippen LogP contribution in [0.4, 0.5) is 0 Å². The Bertz CT molecular complexity index is 267. The first-order chi connectivity index (χ1) is 10.3. The summed E-state index contributed by atoms with van der Waals surface area (Å²) in [5.41, 5.74) is 0. The minimum atomic E-state index is 0.748. The van der Waals surface area contributed by atoms with Crippen molar-refractivity contribution < 1.29 is 0 Å². The monoisotopic (exact) mass is 290 g/mol. The van der Waals surface area contributed by atoms with E-state index < -0.39 is 0 Å². The van der Waals surface area contributed by atoms with Gasteiger partial charge >= 0.3 is 0 Å². The second-order valence-electron chi connectivity index (χ2n) is 7.06. The maximum absolute atomic E-state index is 3.79. The van der Waals surface area contributed by atoms with Gasteiger partial charge in [-0.1, -0.05) is 12.2 Å². The molecule has 2 heteroatoms. The highest BCUT2D eigenvalue weighted by Gasteiger charge is 2.26. The molecule has 0 aromatic rings. The summed E-state index contributed by atoms with van der Waals surface area (Å²) in [6, 6.07) is 1.50. The molecule has 2 N–H and O–H groups in total. The number of hydrogen-bond donors (Lipinski definition) is 2. The summed E-state index contributed by atoms with van der Waals surface area (Å²) < 4.78 is 0. The normalized spacial score (nSPS) is 33.5. The minimum Gasteiger partial charge on any atom is -0.311 e. The highest BCUT2D eigenvalue weighted by atomic mass is 14.9. The Labute approximate surface area is 131 Å². The lowest BCUT2D eigenvalue weighted by Gasteiger charge is -2.34. The summed E-state index contributed by atoms with van der Waals surface area (Å²) in [5, 5.41) is 7.17. The van der Waals surface area contributed by atoms with Crippen LogP contribution in [0.2, 0.25) is 0 Å². The van der Waals surface area contributed by atoms with Gasteiger partial charge in [-0.15, -0.1) is 13.2 Å². The molecule has 2 aliphatic carbocycles. The molecule has 0 aromatic heterocycles. The molecule has 120 valence electrons. The fourth-order valence-electron chi connectivity index (χ4n) is 4.18. The molecular formula is C19H34N2. The quantitative estimate of drug-likeness (QED) is 0.659. The van der Waals surface area contributed by atoms with Gasteiger partial charge in [0, 0.05) is 25.2 Å². The zero-order valence-corrected chi connectivity index (χ0v) is 13.7. The molecule has 0 bridgehead atoms. The van der Waals surface area contributed by atoms with Crippen LogP contribution in [-0.4, -0.2) is 25.2 Å². The lowest BCUT2D eigenvalue weighted by molar-refractivity contribution is 0.209. The molecule has 2 saturated carbocycles. The van der Waals surface area contributed by atoms with Gasteiger partial charge in [0.15, 0.2) is 0 Å². The Kier molecular flexibility index (Phi) is 7.52. The molecule has 0 radical (unpaired) electrons. The van der Waals surface area contributed by atoms with Crippen LogP contribution in [0.3, 0.4) is 0 Å². The van der Waals surface area contributed by atoms with E-state index in [-0.39, 0.29) is 0 Å². The molecular weight excluding hydrogens is 256 g/mol. The second kappa shape index (κ2) is 9.42. The average Bonchev–Trinajstić information content (AvgIpc) is 2.53. The number of hydrogen-bond acceptors (Lipinski definition) is 2.